The molecule has 1 N–H and O–H groups in total. The first-order valence-corrected chi connectivity index (χ1v) is 6.27. The number of halogens is 1. The molecule has 1 aromatic rings. The third kappa shape index (κ3) is 2.77. The number of hydrogen-bond donors (Lipinski definition) is 1. The largest absolute Gasteiger partial charge is 0.395 e. The Morgan fingerprint density at radius 3 is 2.68 bits per heavy atom. The molecule has 0 unspecified atom stereocenters. The molecule has 5 heteroatoms. The van der Waals surface area contributed by atoms with Gasteiger partial charge in [-0.15, -0.1) is 0 Å². The van der Waals surface area contributed by atoms with Gasteiger partial charge in [0.1, 0.15) is 11.2 Å². The van der Waals surface area contributed by atoms with Crippen LogP contribution in [0.4, 0.5) is 4.39 Å². The van der Waals surface area contributed by atoms with E-state index < -0.39 is 5.41 Å². The van der Waals surface area contributed by atoms with Crippen LogP contribution in [0.15, 0.2) is 24.3 Å². The first kappa shape index (κ1) is 14.0. The van der Waals surface area contributed by atoms with Crippen LogP contribution in [0.1, 0.15) is 5.56 Å². The number of amides is 1. The molecule has 0 atom stereocenters. The molecule has 0 aromatic heterocycles. The Morgan fingerprint density at radius 2 is 2.16 bits per heavy atom. The summed E-state index contributed by atoms with van der Waals surface area (Å²) in [5, 5.41) is 9.30. The average molecular weight is 267 g/mol. The van der Waals surface area contributed by atoms with Crippen molar-refractivity contribution < 1.29 is 19.0 Å². The van der Waals surface area contributed by atoms with Gasteiger partial charge in [0, 0.05) is 13.6 Å². The number of aliphatic hydroxyl groups is 1. The summed E-state index contributed by atoms with van der Waals surface area (Å²) >= 11 is 0. The Labute approximate surface area is 111 Å². The van der Waals surface area contributed by atoms with Gasteiger partial charge in [0.15, 0.2) is 0 Å². The summed E-state index contributed by atoms with van der Waals surface area (Å²) < 4.78 is 18.5. The van der Waals surface area contributed by atoms with E-state index in [0.717, 1.165) is 0 Å². The molecule has 1 amide bonds. The number of benzene rings is 1. The van der Waals surface area contributed by atoms with Gasteiger partial charge in [-0.1, -0.05) is 18.2 Å². The van der Waals surface area contributed by atoms with Gasteiger partial charge in [0.05, 0.1) is 19.8 Å². The second-order valence-electron chi connectivity index (χ2n) is 5.00. The Kier molecular flexibility index (Phi) is 4.17. The normalized spacial score (nSPS) is 16.8. The summed E-state index contributed by atoms with van der Waals surface area (Å²) in [7, 11) is 1.67. The van der Waals surface area contributed by atoms with Gasteiger partial charge in [-0.3, -0.25) is 4.79 Å². The quantitative estimate of drug-likeness (QED) is 0.860. The van der Waals surface area contributed by atoms with Crippen molar-refractivity contribution in [3.63, 3.8) is 0 Å². The lowest BCUT2D eigenvalue weighted by molar-refractivity contribution is -0.179. The van der Waals surface area contributed by atoms with Gasteiger partial charge in [-0.05, 0) is 18.1 Å². The number of carbonyl (C=O) groups is 1. The molecule has 0 spiro atoms. The molecule has 4 nitrogen and oxygen atoms in total. The van der Waals surface area contributed by atoms with E-state index in [4.69, 9.17) is 4.74 Å². The lowest BCUT2D eigenvalue weighted by atomic mass is 9.85. The van der Waals surface area contributed by atoms with E-state index in [2.05, 4.69) is 0 Å². The number of rotatable bonds is 5. The van der Waals surface area contributed by atoms with Crippen molar-refractivity contribution in [1.29, 1.82) is 0 Å². The van der Waals surface area contributed by atoms with Gasteiger partial charge in [0.2, 0.25) is 5.91 Å². The lowest BCUT2D eigenvalue weighted by Gasteiger charge is -2.40. The molecule has 19 heavy (non-hydrogen) atoms. The first-order chi connectivity index (χ1) is 9.09. The molecule has 0 bridgehead atoms. The summed E-state index contributed by atoms with van der Waals surface area (Å²) in [5.74, 6) is -0.398. The van der Waals surface area contributed by atoms with Crippen molar-refractivity contribution in [3.05, 3.63) is 35.6 Å². The molecule has 1 aromatic carbocycles. The molecule has 1 heterocycles. The SMILES string of the molecule is CN(CCc1ccccc1F)C(=O)C1(CO)COC1. The molecule has 1 aliphatic heterocycles. The van der Waals surface area contributed by atoms with Crippen LogP contribution in [-0.4, -0.2) is 49.3 Å². The highest BCUT2D eigenvalue weighted by molar-refractivity contribution is 5.83. The van der Waals surface area contributed by atoms with E-state index in [1.54, 1.807) is 25.2 Å². The van der Waals surface area contributed by atoms with E-state index >= 15 is 0 Å². The zero-order valence-corrected chi connectivity index (χ0v) is 10.9. The van der Waals surface area contributed by atoms with Gasteiger partial charge in [-0.25, -0.2) is 4.39 Å². The molecule has 1 fully saturated rings. The van der Waals surface area contributed by atoms with Gasteiger partial charge in [-0.2, -0.15) is 0 Å². The number of aliphatic hydroxyl groups excluding tert-OH is 1. The van der Waals surface area contributed by atoms with Crippen LogP contribution in [0.3, 0.4) is 0 Å². The second kappa shape index (κ2) is 5.67. The van der Waals surface area contributed by atoms with Crippen molar-refractivity contribution in [2.45, 2.75) is 6.42 Å². The van der Waals surface area contributed by atoms with E-state index in [9.17, 15) is 14.3 Å². The fourth-order valence-corrected chi connectivity index (χ4v) is 2.13. The maximum Gasteiger partial charge on any atom is 0.235 e. The monoisotopic (exact) mass is 267 g/mol. The van der Waals surface area contributed by atoms with Crippen molar-refractivity contribution in [3.8, 4) is 0 Å². The highest BCUT2D eigenvalue weighted by atomic mass is 19.1. The van der Waals surface area contributed by atoms with Crippen LogP contribution >= 0.6 is 0 Å². The first-order valence-electron chi connectivity index (χ1n) is 6.27. The van der Waals surface area contributed by atoms with Gasteiger partial charge >= 0.3 is 0 Å². The smallest absolute Gasteiger partial charge is 0.235 e. The number of ether oxygens (including phenoxy) is 1. The van der Waals surface area contributed by atoms with E-state index in [-0.39, 0.29) is 31.5 Å². The Morgan fingerprint density at radius 1 is 1.47 bits per heavy atom. The minimum atomic E-state index is -0.788. The van der Waals surface area contributed by atoms with Crippen LogP contribution in [0.5, 0.6) is 0 Å². The van der Waals surface area contributed by atoms with Crippen LogP contribution in [0.25, 0.3) is 0 Å². The average Bonchev–Trinajstić information content (AvgIpc) is 2.36. The maximum absolute atomic E-state index is 13.5. The van der Waals surface area contributed by atoms with Crippen molar-refractivity contribution >= 4 is 5.91 Å². The zero-order chi connectivity index (χ0) is 13.9. The van der Waals surface area contributed by atoms with Gasteiger partial charge < -0.3 is 14.7 Å². The van der Waals surface area contributed by atoms with Crippen molar-refractivity contribution in [2.75, 3.05) is 33.4 Å². The molecular formula is C14H18FNO3. The number of likely N-dealkylation sites (N-methyl/N-ethyl adjacent to an activating group) is 1. The third-order valence-corrected chi connectivity index (χ3v) is 3.53. The fraction of sp³-hybridized carbons (Fsp3) is 0.500. The summed E-state index contributed by atoms with van der Waals surface area (Å²) in [5.41, 5.74) is -0.200. The molecule has 0 radical (unpaired) electrons. The summed E-state index contributed by atoms with van der Waals surface area (Å²) in [6.45, 7) is 0.718. The summed E-state index contributed by atoms with van der Waals surface area (Å²) in [6.07, 6.45) is 0.456. The highest BCUT2D eigenvalue weighted by Gasteiger charge is 2.46. The number of carbonyl (C=O) groups excluding carboxylic acids is 1. The van der Waals surface area contributed by atoms with E-state index in [1.165, 1.54) is 11.0 Å². The molecule has 0 aliphatic carbocycles. The molecule has 1 aliphatic rings. The van der Waals surface area contributed by atoms with E-state index in [1.807, 2.05) is 0 Å². The molecule has 0 saturated carbocycles. The lowest BCUT2D eigenvalue weighted by Crippen LogP contribution is -2.56. The molecular weight excluding hydrogens is 249 g/mol. The zero-order valence-electron chi connectivity index (χ0n) is 10.9. The predicted octanol–water partition coefficient (Wildman–Crippen LogP) is 0.835. The van der Waals surface area contributed by atoms with Gasteiger partial charge in [0.25, 0.3) is 0 Å². The molecule has 104 valence electrons. The number of hydrogen-bond acceptors (Lipinski definition) is 3. The topological polar surface area (TPSA) is 49.8 Å². The van der Waals surface area contributed by atoms with Crippen molar-refractivity contribution in [1.82, 2.24) is 4.90 Å². The minimum absolute atomic E-state index is 0.141. The van der Waals surface area contributed by atoms with Crippen LogP contribution in [0, 0.1) is 11.2 Å². The minimum Gasteiger partial charge on any atom is -0.395 e. The Hall–Kier alpha value is -1.46. The molecule has 1 saturated heterocycles. The predicted molar refractivity (Wildman–Crippen MR) is 68.1 cm³/mol. The Bertz CT molecular complexity index is 454. The number of nitrogens with zero attached hydrogens (tertiary/aromatic N) is 1. The standard InChI is InChI=1S/C14H18FNO3/c1-16(13(18)14(8-17)9-19-10-14)7-6-11-4-2-3-5-12(11)15/h2-5,17H,6-10H2,1H3. The van der Waals surface area contributed by atoms with Crippen molar-refractivity contribution in [2.24, 2.45) is 5.41 Å². The van der Waals surface area contributed by atoms with E-state index in [0.29, 0.717) is 18.5 Å². The fourth-order valence-electron chi connectivity index (χ4n) is 2.13. The Balaban J connectivity index is 1.93. The third-order valence-electron chi connectivity index (χ3n) is 3.53. The summed E-state index contributed by atoms with van der Waals surface area (Å²) in [6, 6.07) is 6.53. The summed E-state index contributed by atoms with van der Waals surface area (Å²) in [4.78, 5) is 13.7. The maximum atomic E-state index is 13.5. The highest BCUT2D eigenvalue weighted by Crippen LogP contribution is 2.29. The van der Waals surface area contributed by atoms with Crippen LogP contribution in [0.2, 0.25) is 0 Å². The second-order valence-corrected chi connectivity index (χ2v) is 5.00. The molecule has 2 rings (SSSR count). The van der Waals surface area contributed by atoms with Crippen LogP contribution < -0.4 is 0 Å². The van der Waals surface area contributed by atoms with Crippen LogP contribution in [-0.2, 0) is 16.0 Å².